The fourth-order valence-electron chi connectivity index (χ4n) is 5.33. The molecule has 0 aliphatic rings. The third-order valence-corrected chi connectivity index (χ3v) is 8.21. The molecule has 3 rings (SSSR count). The summed E-state index contributed by atoms with van der Waals surface area (Å²) in [5, 5.41) is 0. The fourth-order valence-corrected chi connectivity index (χ4v) is 5.33. The molecule has 0 aliphatic carbocycles. The number of hydrogen-bond acceptors (Lipinski definition) is 4. The van der Waals surface area contributed by atoms with Gasteiger partial charge in [-0.15, -0.1) is 0 Å². The summed E-state index contributed by atoms with van der Waals surface area (Å²) >= 11 is 0. The van der Waals surface area contributed by atoms with Gasteiger partial charge in [0.2, 0.25) is 0 Å². The quantitative estimate of drug-likeness (QED) is 0.0623. The molecular weight excluding hydrogens is 589 g/mol. The maximum absolute atomic E-state index is 13.2. The molecule has 0 aromatic heterocycles. The summed E-state index contributed by atoms with van der Waals surface area (Å²) in [6.45, 7) is 4.82. The van der Waals surface area contributed by atoms with Gasteiger partial charge in [0.15, 0.2) is 0 Å². The van der Waals surface area contributed by atoms with Crippen molar-refractivity contribution in [2.45, 2.75) is 110 Å². The molecule has 0 N–H and O–H groups in total. The van der Waals surface area contributed by atoms with Crippen LogP contribution in [0.1, 0.15) is 114 Å². The third-order valence-electron chi connectivity index (χ3n) is 8.21. The second kappa shape index (κ2) is 20.6. The van der Waals surface area contributed by atoms with Gasteiger partial charge in [-0.05, 0) is 78.9 Å². The van der Waals surface area contributed by atoms with Crippen LogP contribution in [-0.4, -0.2) is 25.4 Å². The first-order chi connectivity index (χ1) is 22.3. The van der Waals surface area contributed by atoms with Crippen molar-refractivity contribution >= 4 is 5.97 Å². The fraction of sp³-hybridized carbons (Fsp3) is 0.513. The van der Waals surface area contributed by atoms with Crippen LogP contribution in [0.5, 0.6) is 17.2 Å². The number of carbonyl (C=O) groups excluding carboxylic acids is 1. The zero-order valence-corrected chi connectivity index (χ0v) is 27.6. The van der Waals surface area contributed by atoms with Gasteiger partial charge in [0.05, 0.1) is 24.7 Å². The van der Waals surface area contributed by atoms with Gasteiger partial charge in [-0.2, -0.15) is 13.2 Å². The standard InChI is InChI=1S/C39H51F3O4/c1-3-5-7-8-9-10-11-12-13-14-29-44-35-22-20-32(21-23-35)31-16-18-33(19-17-31)38(43)46-37-26-24-36(25-27-37)45-30-28-34(15-6-4-2)39(40,41)42/h16-27,34H,3-15,28-30H2,1-2H3. The Bertz CT molecular complexity index is 1240. The summed E-state index contributed by atoms with van der Waals surface area (Å²) in [5.41, 5.74) is 2.40. The van der Waals surface area contributed by atoms with Crippen LogP contribution >= 0.6 is 0 Å². The molecule has 0 fully saturated rings. The molecule has 4 nitrogen and oxygen atoms in total. The lowest BCUT2D eigenvalue weighted by Gasteiger charge is -2.20. The molecule has 0 saturated heterocycles. The molecule has 1 unspecified atom stereocenters. The molecule has 252 valence electrons. The highest BCUT2D eigenvalue weighted by Crippen LogP contribution is 2.33. The van der Waals surface area contributed by atoms with E-state index in [1.54, 1.807) is 36.4 Å². The second-order valence-electron chi connectivity index (χ2n) is 12.0. The first kappa shape index (κ1) is 37.0. The average Bonchev–Trinajstić information content (AvgIpc) is 3.05. The van der Waals surface area contributed by atoms with Crippen LogP contribution in [0.4, 0.5) is 13.2 Å². The van der Waals surface area contributed by atoms with Crippen LogP contribution in [0.15, 0.2) is 72.8 Å². The average molecular weight is 641 g/mol. The van der Waals surface area contributed by atoms with Gasteiger partial charge in [0.1, 0.15) is 17.2 Å². The molecule has 3 aromatic carbocycles. The highest BCUT2D eigenvalue weighted by Gasteiger charge is 2.38. The highest BCUT2D eigenvalue weighted by molar-refractivity contribution is 5.91. The predicted molar refractivity (Wildman–Crippen MR) is 180 cm³/mol. The molecule has 46 heavy (non-hydrogen) atoms. The van der Waals surface area contributed by atoms with E-state index in [0.717, 1.165) is 36.3 Å². The van der Waals surface area contributed by atoms with Crippen molar-refractivity contribution in [2.75, 3.05) is 13.2 Å². The van der Waals surface area contributed by atoms with Gasteiger partial charge in [-0.3, -0.25) is 0 Å². The molecule has 0 spiro atoms. The maximum Gasteiger partial charge on any atom is 0.391 e. The molecule has 0 aliphatic heterocycles. The summed E-state index contributed by atoms with van der Waals surface area (Å²) in [6, 6.07) is 21.5. The van der Waals surface area contributed by atoms with E-state index >= 15 is 0 Å². The highest BCUT2D eigenvalue weighted by atomic mass is 19.4. The summed E-state index contributed by atoms with van der Waals surface area (Å²) in [6.07, 6.45) is 10.0. The van der Waals surface area contributed by atoms with Crippen LogP contribution in [0, 0.1) is 5.92 Å². The molecule has 0 saturated carbocycles. The number of unbranched alkanes of at least 4 members (excludes halogenated alkanes) is 10. The van der Waals surface area contributed by atoms with Gasteiger partial charge in [-0.1, -0.05) is 109 Å². The van der Waals surface area contributed by atoms with E-state index in [-0.39, 0.29) is 19.4 Å². The Morgan fingerprint density at radius 3 is 1.57 bits per heavy atom. The minimum absolute atomic E-state index is 0.0332. The van der Waals surface area contributed by atoms with Crippen LogP contribution < -0.4 is 14.2 Å². The van der Waals surface area contributed by atoms with E-state index in [9.17, 15) is 18.0 Å². The molecular formula is C39H51F3O4. The number of rotatable bonds is 22. The first-order valence-corrected chi connectivity index (χ1v) is 17.1. The van der Waals surface area contributed by atoms with Gasteiger partial charge in [-0.25, -0.2) is 4.79 Å². The minimum atomic E-state index is -4.22. The monoisotopic (exact) mass is 640 g/mol. The number of hydrogen-bond donors (Lipinski definition) is 0. The molecule has 0 heterocycles. The molecule has 0 bridgehead atoms. The summed E-state index contributed by atoms with van der Waals surface area (Å²) in [7, 11) is 0. The molecule has 7 heteroatoms. The lowest BCUT2D eigenvalue weighted by molar-refractivity contribution is -0.179. The Morgan fingerprint density at radius 2 is 1.02 bits per heavy atom. The minimum Gasteiger partial charge on any atom is -0.494 e. The summed E-state index contributed by atoms with van der Waals surface area (Å²) < 4.78 is 56.6. The van der Waals surface area contributed by atoms with Crippen molar-refractivity contribution in [3.63, 3.8) is 0 Å². The molecule has 1 atom stereocenters. The lowest BCUT2D eigenvalue weighted by Crippen LogP contribution is -2.24. The van der Waals surface area contributed by atoms with Crippen molar-refractivity contribution in [2.24, 2.45) is 5.92 Å². The zero-order valence-electron chi connectivity index (χ0n) is 27.6. The van der Waals surface area contributed by atoms with Crippen molar-refractivity contribution in [1.29, 1.82) is 0 Å². The SMILES string of the molecule is CCCCCCCCCCCCOc1ccc(-c2ccc(C(=O)Oc3ccc(OCCC(CCCC)C(F)(F)F)cc3)cc2)cc1. The number of benzene rings is 3. The van der Waals surface area contributed by atoms with E-state index < -0.39 is 18.1 Å². The van der Waals surface area contributed by atoms with Crippen LogP contribution in [0.2, 0.25) is 0 Å². The Labute approximate surface area is 273 Å². The van der Waals surface area contributed by atoms with Crippen molar-refractivity contribution in [1.82, 2.24) is 0 Å². The lowest BCUT2D eigenvalue weighted by atomic mass is 9.98. The van der Waals surface area contributed by atoms with Gasteiger partial charge < -0.3 is 14.2 Å². The molecule has 3 aromatic rings. The number of alkyl halides is 3. The largest absolute Gasteiger partial charge is 0.494 e. The van der Waals surface area contributed by atoms with E-state index in [1.807, 2.05) is 43.3 Å². The van der Waals surface area contributed by atoms with Crippen molar-refractivity contribution < 1.29 is 32.2 Å². The zero-order chi connectivity index (χ0) is 33.0. The molecule has 0 amide bonds. The Kier molecular flexibility index (Phi) is 16.6. The van der Waals surface area contributed by atoms with E-state index in [4.69, 9.17) is 14.2 Å². The Balaban J connectivity index is 1.36. The van der Waals surface area contributed by atoms with Crippen LogP contribution in [0.25, 0.3) is 11.1 Å². The topological polar surface area (TPSA) is 44.8 Å². The Morgan fingerprint density at radius 1 is 0.565 bits per heavy atom. The predicted octanol–water partition coefficient (Wildman–Crippen LogP) is 12.0. The van der Waals surface area contributed by atoms with E-state index in [0.29, 0.717) is 23.5 Å². The van der Waals surface area contributed by atoms with Crippen molar-refractivity contribution in [3.8, 4) is 28.4 Å². The summed E-state index contributed by atoms with van der Waals surface area (Å²) in [4.78, 5) is 12.7. The number of esters is 1. The third kappa shape index (κ3) is 13.9. The van der Waals surface area contributed by atoms with Gasteiger partial charge in [0.25, 0.3) is 0 Å². The van der Waals surface area contributed by atoms with Crippen molar-refractivity contribution in [3.05, 3.63) is 78.4 Å². The summed E-state index contributed by atoms with van der Waals surface area (Å²) in [5.74, 6) is -0.258. The first-order valence-electron chi connectivity index (χ1n) is 17.1. The maximum atomic E-state index is 13.2. The van der Waals surface area contributed by atoms with E-state index in [1.165, 1.54) is 57.8 Å². The molecule has 0 radical (unpaired) electrons. The van der Waals surface area contributed by atoms with E-state index in [2.05, 4.69) is 6.92 Å². The second-order valence-corrected chi connectivity index (χ2v) is 12.0. The van der Waals surface area contributed by atoms with Gasteiger partial charge in [0, 0.05) is 0 Å². The Hall–Kier alpha value is -3.48. The normalized spacial score (nSPS) is 12.1. The van der Waals surface area contributed by atoms with Crippen LogP contribution in [-0.2, 0) is 0 Å². The number of halogens is 3. The number of ether oxygens (including phenoxy) is 3. The number of carbonyl (C=O) groups is 1. The van der Waals surface area contributed by atoms with Gasteiger partial charge >= 0.3 is 12.1 Å². The smallest absolute Gasteiger partial charge is 0.391 e. The van der Waals surface area contributed by atoms with Crippen LogP contribution in [0.3, 0.4) is 0 Å².